The van der Waals surface area contributed by atoms with Crippen LogP contribution in [0.3, 0.4) is 0 Å². The highest BCUT2D eigenvalue weighted by Crippen LogP contribution is 2.20. The smallest absolute Gasteiger partial charge is 0.276 e. The molecule has 6 heteroatoms. The molecule has 4 rings (SSSR count). The van der Waals surface area contributed by atoms with Crippen molar-refractivity contribution in [2.45, 2.75) is 13.0 Å². The van der Waals surface area contributed by atoms with E-state index in [0.29, 0.717) is 18.2 Å². The topological polar surface area (TPSA) is 72.7 Å². The molecule has 1 aromatic carbocycles. The molecule has 136 valence electrons. The molecule has 28 heavy (non-hydrogen) atoms. The van der Waals surface area contributed by atoms with E-state index in [1.165, 1.54) is 0 Å². The Morgan fingerprint density at radius 2 is 1.89 bits per heavy atom. The third kappa shape index (κ3) is 3.60. The van der Waals surface area contributed by atoms with Crippen molar-refractivity contribution in [3.63, 3.8) is 0 Å². The Bertz CT molecular complexity index is 1170. The van der Waals surface area contributed by atoms with Gasteiger partial charge >= 0.3 is 0 Å². The molecule has 0 unspecified atom stereocenters. The van der Waals surface area contributed by atoms with Crippen LogP contribution in [0.1, 0.15) is 21.9 Å². The molecular formula is C22H17N5O. The van der Waals surface area contributed by atoms with Crippen LogP contribution in [0.25, 0.3) is 11.0 Å². The van der Waals surface area contributed by atoms with Gasteiger partial charge in [0, 0.05) is 24.9 Å². The van der Waals surface area contributed by atoms with Crippen molar-refractivity contribution in [1.82, 2.24) is 19.5 Å². The first-order valence-electron chi connectivity index (χ1n) is 8.85. The normalized spacial score (nSPS) is 10.5. The highest BCUT2D eigenvalue weighted by molar-refractivity contribution is 6.02. The molecule has 0 aliphatic carbocycles. The number of aryl methyl sites for hydroxylation is 2. The van der Waals surface area contributed by atoms with Crippen molar-refractivity contribution >= 4 is 22.9 Å². The Hall–Kier alpha value is -3.98. The number of carbonyl (C=O) groups excluding carboxylic acids is 1. The van der Waals surface area contributed by atoms with Crippen LogP contribution < -0.4 is 5.32 Å². The number of amides is 1. The summed E-state index contributed by atoms with van der Waals surface area (Å²) in [4.78, 5) is 25.8. The summed E-state index contributed by atoms with van der Waals surface area (Å²) < 4.78 is 1.98. The predicted octanol–water partition coefficient (Wildman–Crippen LogP) is 3.30. The Morgan fingerprint density at radius 3 is 2.71 bits per heavy atom. The van der Waals surface area contributed by atoms with Crippen molar-refractivity contribution in [3.05, 3.63) is 83.9 Å². The van der Waals surface area contributed by atoms with Crippen molar-refractivity contribution in [2.75, 3.05) is 5.32 Å². The second kappa shape index (κ2) is 7.72. The van der Waals surface area contributed by atoms with Crippen LogP contribution in [0.2, 0.25) is 0 Å². The number of imidazole rings is 1. The zero-order valence-corrected chi connectivity index (χ0v) is 15.0. The van der Waals surface area contributed by atoms with Gasteiger partial charge in [-0.05, 0) is 36.4 Å². The Kier molecular flexibility index (Phi) is 4.81. The number of para-hydroxylation sites is 2. The fourth-order valence-corrected chi connectivity index (χ4v) is 2.98. The van der Waals surface area contributed by atoms with E-state index in [9.17, 15) is 4.79 Å². The zero-order chi connectivity index (χ0) is 19.3. The minimum atomic E-state index is -0.355. The Morgan fingerprint density at radius 1 is 1.04 bits per heavy atom. The number of anilines is 1. The molecule has 0 aliphatic heterocycles. The number of rotatable bonds is 5. The van der Waals surface area contributed by atoms with Crippen molar-refractivity contribution < 1.29 is 4.79 Å². The van der Waals surface area contributed by atoms with Gasteiger partial charge in [0.1, 0.15) is 11.4 Å². The van der Waals surface area contributed by atoms with Crippen LogP contribution in [0.15, 0.2) is 66.9 Å². The molecule has 1 amide bonds. The molecule has 0 bridgehead atoms. The lowest BCUT2D eigenvalue weighted by Gasteiger charge is -2.10. The van der Waals surface area contributed by atoms with Gasteiger partial charge < -0.3 is 4.57 Å². The van der Waals surface area contributed by atoms with Gasteiger partial charge in [0.05, 0.1) is 11.0 Å². The van der Waals surface area contributed by atoms with E-state index in [0.717, 1.165) is 23.1 Å². The van der Waals surface area contributed by atoms with Crippen LogP contribution in [0.5, 0.6) is 0 Å². The van der Waals surface area contributed by atoms with Crippen LogP contribution in [0, 0.1) is 12.3 Å². The first-order chi connectivity index (χ1) is 13.7. The van der Waals surface area contributed by atoms with Gasteiger partial charge in [-0.15, -0.1) is 6.42 Å². The van der Waals surface area contributed by atoms with Crippen molar-refractivity contribution in [2.24, 2.45) is 0 Å². The quantitative estimate of drug-likeness (QED) is 0.549. The SMILES string of the molecule is C#Cc1cccc(C(=O)Nc2nc3ccccc3n2CCc2ccccn2)n1. The zero-order valence-electron chi connectivity index (χ0n) is 15.0. The highest BCUT2D eigenvalue weighted by atomic mass is 16.2. The predicted molar refractivity (Wildman–Crippen MR) is 108 cm³/mol. The molecule has 0 fully saturated rings. The lowest BCUT2D eigenvalue weighted by molar-refractivity contribution is 0.102. The molecule has 0 saturated carbocycles. The number of pyridine rings is 2. The third-order valence-corrected chi connectivity index (χ3v) is 4.33. The molecule has 0 radical (unpaired) electrons. The Labute approximate surface area is 162 Å². The lowest BCUT2D eigenvalue weighted by atomic mass is 10.2. The first-order valence-corrected chi connectivity index (χ1v) is 8.85. The van der Waals surface area contributed by atoms with E-state index in [1.54, 1.807) is 24.4 Å². The van der Waals surface area contributed by atoms with E-state index in [1.807, 2.05) is 47.0 Å². The number of fused-ring (bicyclic) bond motifs is 1. The van der Waals surface area contributed by atoms with Crippen molar-refractivity contribution in [3.8, 4) is 12.3 Å². The molecule has 3 aromatic heterocycles. The van der Waals surface area contributed by atoms with Gasteiger partial charge in [-0.3, -0.25) is 15.1 Å². The van der Waals surface area contributed by atoms with Crippen LogP contribution in [0.4, 0.5) is 5.95 Å². The molecule has 0 saturated heterocycles. The fraction of sp³-hybridized carbons (Fsp3) is 0.0909. The molecule has 0 aliphatic rings. The second-order valence-corrected chi connectivity index (χ2v) is 6.15. The average Bonchev–Trinajstić information content (AvgIpc) is 3.10. The Balaban J connectivity index is 1.64. The maximum absolute atomic E-state index is 12.7. The average molecular weight is 367 g/mol. The minimum Gasteiger partial charge on any atom is -0.310 e. The molecular weight excluding hydrogens is 350 g/mol. The van der Waals surface area contributed by atoms with E-state index in [-0.39, 0.29) is 11.6 Å². The maximum atomic E-state index is 12.7. The minimum absolute atomic E-state index is 0.249. The van der Waals surface area contributed by atoms with E-state index >= 15 is 0 Å². The standard InChI is InChI=1S/C22H17N5O/c1-2-16-9-7-11-19(24-16)21(28)26-22-25-18-10-3-4-12-20(18)27(22)15-13-17-8-5-6-14-23-17/h1,3-12,14H,13,15H2,(H,25,26,28). The summed E-state index contributed by atoms with van der Waals surface area (Å²) in [5.41, 5.74) is 3.39. The summed E-state index contributed by atoms with van der Waals surface area (Å²) in [6.45, 7) is 0.630. The summed E-state index contributed by atoms with van der Waals surface area (Å²) in [6, 6.07) is 18.6. The number of nitrogens with zero attached hydrogens (tertiary/aromatic N) is 4. The second-order valence-electron chi connectivity index (χ2n) is 6.15. The number of nitrogens with one attached hydrogen (secondary N) is 1. The fourth-order valence-electron chi connectivity index (χ4n) is 2.98. The van der Waals surface area contributed by atoms with Gasteiger partial charge in [0.2, 0.25) is 5.95 Å². The summed E-state index contributed by atoms with van der Waals surface area (Å²) in [5, 5.41) is 2.87. The first kappa shape index (κ1) is 17.4. The molecule has 3 heterocycles. The van der Waals surface area contributed by atoms with Crippen LogP contribution in [-0.4, -0.2) is 25.4 Å². The van der Waals surface area contributed by atoms with Gasteiger partial charge in [-0.1, -0.05) is 30.2 Å². The van der Waals surface area contributed by atoms with E-state index in [4.69, 9.17) is 6.42 Å². The van der Waals surface area contributed by atoms with Gasteiger partial charge in [0.15, 0.2) is 0 Å². The third-order valence-electron chi connectivity index (χ3n) is 4.33. The number of terminal acetylenes is 1. The summed E-state index contributed by atoms with van der Waals surface area (Å²) in [6.07, 6.45) is 7.86. The highest BCUT2D eigenvalue weighted by Gasteiger charge is 2.15. The molecule has 0 atom stereocenters. The molecule has 6 nitrogen and oxygen atoms in total. The van der Waals surface area contributed by atoms with Gasteiger partial charge in [-0.2, -0.15) is 0 Å². The number of carbonyl (C=O) groups is 1. The molecule has 4 aromatic rings. The van der Waals surface area contributed by atoms with E-state index in [2.05, 4.69) is 26.2 Å². The van der Waals surface area contributed by atoms with Gasteiger partial charge in [-0.25, -0.2) is 9.97 Å². The van der Waals surface area contributed by atoms with Crippen LogP contribution in [-0.2, 0) is 13.0 Å². The summed E-state index contributed by atoms with van der Waals surface area (Å²) in [5.74, 6) is 2.55. The largest absolute Gasteiger partial charge is 0.310 e. The van der Waals surface area contributed by atoms with E-state index < -0.39 is 0 Å². The number of benzene rings is 1. The van der Waals surface area contributed by atoms with Crippen LogP contribution >= 0.6 is 0 Å². The number of aromatic nitrogens is 4. The van der Waals surface area contributed by atoms with Gasteiger partial charge in [0.25, 0.3) is 5.91 Å². The maximum Gasteiger partial charge on any atom is 0.276 e. The van der Waals surface area contributed by atoms with Crippen molar-refractivity contribution in [1.29, 1.82) is 0 Å². The monoisotopic (exact) mass is 367 g/mol. The lowest BCUT2D eigenvalue weighted by Crippen LogP contribution is -2.18. The summed E-state index contributed by atoms with van der Waals surface area (Å²) in [7, 11) is 0. The molecule has 0 spiro atoms. The number of hydrogen-bond acceptors (Lipinski definition) is 4. The molecule has 1 N–H and O–H groups in total. The number of hydrogen-bond donors (Lipinski definition) is 1. The summed E-state index contributed by atoms with van der Waals surface area (Å²) >= 11 is 0.